The van der Waals surface area contributed by atoms with Gasteiger partial charge in [-0.05, 0) is 38.9 Å². The summed E-state index contributed by atoms with van der Waals surface area (Å²) in [6.07, 6.45) is 2.50. The van der Waals surface area contributed by atoms with Crippen LogP contribution in [0.4, 0.5) is 4.39 Å². The second-order valence-corrected chi connectivity index (χ2v) is 8.05. The molecule has 0 amide bonds. The number of aromatic nitrogens is 1. The molecular weight excluding hydrogens is 371 g/mol. The number of nitrogens with one attached hydrogen (secondary N) is 1. The van der Waals surface area contributed by atoms with E-state index >= 15 is 0 Å². The van der Waals surface area contributed by atoms with Gasteiger partial charge in [-0.2, -0.15) is 5.26 Å². The Morgan fingerprint density at radius 3 is 2.83 bits per heavy atom. The molecule has 0 spiro atoms. The predicted molar refractivity (Wildman–Crippen MR) is 110 cm³/mol. The number of halogens is 1. The number of ketones is 1. The van der Waals surface area contributed by atoms with Crippen LogP contribution in [-0.2, 0) is 0 Å². The fraction of sp³-hybridized carbons (Fsp3) is 0.455. The first-order valence-corrected chi connectivity index (χ1v) is 9.80. The minimum absolute atomic E-state index is 0.00874. The number of hydrogen-bond donors (Lipinski definition) is 1. The van der Waals surface area contributed by atoms with E-state index < -0.39 is 11.6 Å². The number of nitriles is 1. The fourth-order valence-corrected chi connectivity index (χ4v) is 3.58. The number of H-pyrrole nitrogens is 1. The Labute approximate surface area is 170 Å². The molecule has 3 rings (SSSR count). The average molecular weight is 398 g/mol. The standard InChI is InChI=1S/C22H27FN4O2/c1-14(2)27-6-5-15(11-27)13-29-21-8-16-7-20(25-19(16)9-18(21)23)22(28)17(10-24)12-26(3)4/h7-9,12,14-15,25H,5-6,11,13H2,1-4H3/b17-12+. The molecule has 1 aromatic heterocycles. The number of carbonyl (C=O) groups is 1. The first-order valence-electron chi connectivity index (χ1n) is 9.80. The molecule has 0 bridgehead atoms. The van der Waals surface area contributed by atoms with E-state index in [-0.39, 0.29) is 17.0 Å². The smallest absolute Gasteiger partial charge is 0.221 e. The molecule has 154 valence electrons. The highest BCUT2D eigenvalue weighted by atomic mass is 19.1. The minimum Gasteiger partial charge on any atom is -0.490 e. The van der Waals surface area contributed by atoms with Crippen molar-refractivity contribution in [1.82, 2.24) is 14.8 Å². The summed E-state index contributed by atoms with van der Waals surface area (Å²) in [4.78, 5) is 19.5. The van der Waals surface area contributed by atoms with Crippen LogP contribution in [0.2, 0.25) is 0 Å². The number of ether oxygens (including phenoxy) is 1. The largest absolute Gasteiger partial charge is 0.490 e. The zero-order chi connectivity index (χ0) is 21.1. The Morgan fingerprint density at radius 1 is 1.45 bits per heavy atom. The number of fused-ring (bicyclic) bond motifs is 1. The minimum atomic E-state index is -0.471. The SMILES string of the molecule is CC(C)N1CCC(COc2cc3cc(C(=O)/C(C#N)=C/N(C)C)[nH]c3cc2F)C1. The maximum Gasteiger partial charge on any atom is 0.221 e. The quantitative estimate of drug-likeness (QED) is 0.439. The molecule has 1 unspecified atom stereocenters. The number of rotatable bonds is 7. The molecule has 2 aromatic rings. The van der Waals surface area contributed by atoms with Crippen molar-refractivity contribution < 1.29 is 13.9 Å². The lowest BCUT2D eigenvalue weighted by Gasteiger charge is -2.20. The summed E-state index contributed by atoms with van der Waals surface area (Å²) < 4.78 is 20.3. The molecule has 1 atom stereocenters. The van der Waals surface area contributed by atoms with E-state index in [1.165, 1.54) is 12.3 Å². The van der Waals surface area contributed by atoms with E-state index in [4.69, 9.17) is 4.74 Å². The lowest BCUT2D eigenvalue weighted by Crippen LogP contribution is -2.29. The summed E-state index contributed by atoms with van der Waals surface area (Å²) in [5, 5.41) is 9.90. The highest BCUT2D eigenvalue weighted by Crippen LogP contribution is 2.28. The molecule has 0 radical (unpaired) electrons. The number of nitrogens with zero attached hydrogens (tertiary/aromatic N) is 3. The van der Waals surface area contributed by atoms with Crippen molar-refractivity contribution in [1.29, 1.82) is 5.26 Å². The van der Waals surface area contributed by atoms with E-state index in [0.29, 0.717) is 29.5 Å². The first kappa shape index (κ1) is 20.9. The van der Waals surface area contributed by atoms with Crippen LogP contribution in [0, 0.1) is 23.1 Å². The molecule has 1 aliphatic heterocycles. The number of allylic oxidation sites excluding steroid dienone is 1. The van der Waals surface area contributed by atoms with Gasteiger partial charge in [0.1, 0.15) is 11.6 Å². The van der Waals surface area contributed by atoms with Crippen molar-refractivity contribution in [2.45, 2.75) is 26.3 Å². The van der Waals surface area contributed by atoms with Crippen LogP contribution in [0.5, 0.6) is 5.75 Å². The van der Waals surface area contributed by atoms with Gasteiger partial charge in [0.25, 0.3) is 0 Å². The molecule has 1 aliphatic rings. The molecule has 0 saturated carbocycles. The molecule has 7 heteroatoms. The second kappa shape index (κ2) is 8.66. The Balaban J connectivity index is 1.76. The molecule has 1 aromatic carbocycles. The van der Waals surface area contributed by atoms with Crippen molar-refractivity contribution in [3.05, 3.63) is 41.5 Å². The Morgan fingerprint density at radius 2 is 2.21 bits per heavy atom. The topological polar surface area (TPSA) is 72.4 Å². The molecule has 2 heterocycles. The summed E-state index contributed by atoms with van der Waals surface area (Å²) in [5.41, 5.74) is 0.746. The van der Waals surface area contributed by atoms with Gasteiger partial charge in [-0.1, -0.05) is 0 Å². The molecule has 1 saturated heterocycles. The molecule has 1 N–H and O–H groups in total. The summed E-state index contributed by atoms with van der Waals surface area (Å²) in [6, 6.07) is 6.98. The molecular formula is C22H27FN4O2. The van der Waals surface area contributed by atoms with Gasteiger partial charge in [0, 0.05) is 55.8 Å². The number of carbonyl (C=O) groups excluding carboxylic acids is 1. The molecule has 0 aliphatic carbocycles. The van der Waals surface area contributed by atoms with Crippen LogP contribution in [0.1, 0.15) is 30.8 Å². The fourth-order valence-electron chi connectivity index (χ4n) is 3.58. The maximum absolute atomic E-state index is 14.5. The highest BCUT2D eigenvalue weighted by molar-refractivity contribution is 6.12. The van der Waals surface area contributed by atoms with E-state index in [0.717, 1.165) is 19.5 Å². The van der Waals surface area contributed by atoms with Gasteiger partial charge in [0.2, 0.25) is 5.78 Å². The van der Waals surface area contributed by atoms with Crippen LogP contribution in [0.3, 0.4) is 0 Å². The lowest BCUT2D eigenvalue weighted by atomic mass is 10.1. The lowest BCUT2D eigenvalue weighted by molar-refractivity contribution is 0.103. The number of benzene rings is 1. The maximum atomic E-state index is 14.5. The van der Waals surface area contributed by atoms with Crippen LogP contribution in [0.25, 0.3) is 10.9 Å². The second-order valence-electron chi connectivity index (χ2n) is 8.05. The Bertz CT molecular complexity index is 971. The van der Waals surface area contributed by atoms with Gasteiger partial charge in [0.15, 0.2) is 11.6 Å². The molecule has 6 nitrogen and oxygen atoms in total. The summed E-state index contributed by atoms with van der Waals surface area (Å²) in [6.45, 7) is 6.81. The highest BCUT2D eigenvalue weighted by Gasteiger charge is 2.25. The van der Waals surface area contributed by atoms with Crippen LogP contribution < -0.4 is 4.74 Å². The van der Waals surface area contributed by atoms with E-state index in [1.54, 1.807) is 31.1 Å². The zero-order valence-electron chi connectivity index (χ0n) is 17.3. The third kappa shape index (κ3) is 4.77. The number of aromatic amines is 1. The van der Waals surface area contributed by atoms with Crippen molar-refractivity contribution in [2.75, 3.05) is 33.8 Å². The average Bonchev–Trinajstić information content (AvgIpc) is 3.30. The summed E-state index contributed by atoms with van der Waals surface area (Å²) >= 11 is 0. The van der Waals surface area contributed by atoms with Gasteiger partial charge >= 0.3 is 0 Å². The summed E-state index contributed by atoms with van der Waals surface area (Å²) in [5.74, 6) is -0.338. The Hall–Kier alpha value is -2.85. The van der Waals surface area contributed by atoms with Gasteiger partial charge in [0.05, 0.1) is 12.3 Å². The van der Waals surface area contributed by atoms with E-state index in [1.807, 2.05) is 6.07 Å². The monoisotopic (exact) mass is 398 g/mol. The van der Waals surface area contributed by atoms with E-state index in [9.17, 15) is 14.4 Å². The third-order valence-corrected chi connectivity index (χ3v) is 5.19. The van der Waals surface area contributed by atoms with Gasteiger partial charge in [-0.25, -0.2) is 4.39 Å². The predicted octanol–water partition coefficient (Wildman–Crippen LogP) is 3.57. The summed E-state index contributed by atoms with van der Waals surface area (Å²) in [7, 11) is 3.47. The van der Waals surface area contributed by atoms with Crippen molar-refractivity contribution in [2.24, 2.45) is 5.92 Å². The van der Waals surface area contributed by atoms with E-state index in [2.05, 4.69) is 23.7 Å². The van der Waals surface area contributed by atoms with Gasteiger partial charge in [-0.3, -0.25) is 4.79 Å². The van der Waals surface area contributed by atoms with Crippen LogP contribution in [-0.4, -0.2) is 60.4 Å². The third-order valence-electron chi connectivity index (χ3n) is 5.19. The first-order chi connectivity index (χ1) is 13.8. The van der Waals surface area contributed by atoms with Crippen LogP contribution in [0.15, 0.2) is 30.0 Å². The van der Waals surface area contributed by atoms with Crippen molar-refractivity contribution in [3.63, 3.8) is 0 Å². The van der Waals surface area contributed by atoms with Gasteiger partial charge < -0.3 is 19.5 Å². The van der Waals surface area contributed by atoms with Crippen molar-refractivity contribution >= 4 is 16.7 Å². The number of hydrogen-bond acceptors (Lipinski definition) is 5. The van der Waals surface area contributed by atoms with Crippen LogP contribution >= 0.6 is 0 Å². The number of likely N-dealkylation sites (tertiary alicyclic amines) is 1. The van der Waals surface area contributed by atoms with Crippen molar-refractivity contribution in [3.8, 4) is 11.8 Å². The zero-order valence-corrected chi connectivity index (χ0v) is 17.3. The normalized spacial score (nSPS) is 17.7. The molecule has 1 fully saturated rings. The number of Topliss-reactive ketones (excluding diaryl/α,β-unsaturated/α-hetero) is 1. The molecule has 29 heavy (non-hydrogen) atoms. The Kier molecular flexibility index (Phi) is 6.23. The van der Waals surface area contributed by atoms with Gasteiger partial charge in [-0.15, -0.1) is 0 Å².